The van der Waals surface area contributed by atoms with E-state index >= 15 is 0 Å². The van der Waals surface area contributed by atoms with Crippen LogP contribution in [0.3, 0.4) is 0 Å². The van der Waals surface area contributed by atoms with Crippen molar-refractivity contribution in [3.8, 4) is 5.69 Å². The Morgan fingerprint density at radius 3 is 2.45 bits per heavy atom. The van der Waals surface area contributed by atoms with Gasteiger partial charge in [-0.25, -0.2) is 9.97 Å². The monoisotopic (exact) mass is 429 g/mol. The molecule has 1 amide bonds. The Labute approximate surface area is 175 Å². The van der Waals surface area contributed by atoms with Gasteiger partial charge in [-0.15, -0.1) is 0 Å². The molecule has 0 spiro atoms. The van der Waals surface area contributed by atoms with E-state index in [-0.39, 0.29) is 23.9 Å². The van der Waals surface area contributed by atoms with Crippen LogP contribution in [0.4, 0.5) is 19.1 Å². The third-order valence-corrected chi connectivity index (χ3v) is 5.80. The Kier molecular flexibility index (Phi) is 4.60. The van der Waals surface area contributed by atoms with Crippen molar-refractivity contribution in [2.75, 3.05) is 11.9 Å². The molecule has 1 aromatic carbocycles. The van der Waals surface area contributed by atoms with Crippen molar-refractivity contribution in [3.63, 3.8) is 0 Å². The lowest BCUT2D eigenvalue weighted by Gasteiger charge is -2.34. The number of anilines is 1. The van der Waals surface area contributed by atoms with Crippen molar-refractivity contribution in [2.45, 2.75) is 31.1 Å². The minimum atomic E-state index is -4.48. The highest BCUT2D eigenvalue weighted by Gasteiger charge is 2.47. The number of fused-ring (bicyclic) bond motifs is 2. The second kappa shape index (κ2) is 7.33. The summed E-state index contributed by atoms with van der Waals surface area (Å²) in [5, 5.41) is 11.4. The number of rotatable bonds is 4. The first-order chi connectivity index (χ1) is 14.9. The molecular weight excluding hydrogens is 411 g/mol. The van der Waals surface area contributed by atoms with Crippen LogP contribution in [0.1, 0.15) is 28.8 Å². The number of nitrogens with zero attached hydrogens (tertiary/aromatic N) is 6. The molecule has 1 N–H and O–H groups in total. The number of carbonyl (C=O) groups is 1. The molecule has 2 aromatic heterocycles. The van der Waals surface area contributed by atoms with Crippen LogP contribution in [0.5, 0.6) is 0 Å². The average Bonchev–Trinajstić information content (AvgIpc) is 3.50. The highest BCUT2D eigenvalue weighted by atomic mass is 19.4. The molecule has 3 atom stereocenters. The number of amides is 1. The molecular formula is C20H18F3N7O. The first-order valence-corrected chi connectivity index (χ1v) is 9.82. The van der Waals surface area contributed by atoms with E-state index in [1.807, 2.05) is 11.0 Å². The zero-order chi connectivity index (χ0) is 21.6. The Bertz CT molecular complexity index is 1080. The fourth-order valence-electron chi connectivity index (χ4n) is 4.45. The van der Waals surface area contributed by atoms with E-state index < -0.39 is 11.7 Å². The number of hydrogen-bond acceptors (Lipinski definition) is 6. The van der Waals surface area contributed by atoms with E-state index in [9.17, 15) is 18.0 Å². The van der Waals surface area contributed by atoms with E-state index in [1.165, 1.54) is 4.80 Å². The highest BCUT2D eigenvalue weighted by molar-refractivity contribution is 5.98. The summed E-state index contributed by atoms with van der Waals surface area (Å²) in [6.07, 6.45) is 1.77. The summed E-state index contributed by atoms with van der Waals surface area (Å²) in [7, 11) is 0. The highest BCUT2D eigenvalue weighted by Crippen LogP contribution is 2.40. The van der Waals surface area contributed by atoms with E-state index in [0.29, 0.717) is 23.7 Å². The van der Waals surface area contributed by atoms with Crippen LogP contribution in [-0.2, 0) is 6.18 Å². The quantitative estimate of drug-likeness (QED) is 0.686. The van der Waals surface area contributed by atoms with Crippen molar-refractivity contribution in [1.82, 2.24) is 29.9 Å². The second-order valence-electron chi connectivity index (χ2n) is 7.74. The lowest BCUT2D eigenvalue weighted by molar-refractivity contribution is -0.138. The van der Waals surface area contributed by atoms with Gasteiger partial charge < -0.3 is 10.2 Å². The van der Waals surface area contributed by atoms with Crippen molar-refractivity contribution in [3.05, 3.63) is 60.2 Å². The number of piperidine rings is 1. The van der Waals surface area contributed by atoms with Gasteiger partial charge in [0, 0.05) is 25.0 Å². The van der Waals surface area contributed by atoms with Crippen LogP contribution in [0.15, 0.2) is 49.1 Å². The van der Waals surface area contributed by atoms with Crippen LogP contribution in [0.25, 0.3) is 5.69 Å². The van der Waals surface area contributed by atoms with Crippen LogP contribution in [0, 0.1) is 5.92 Å². The third-order valence-electron chi connectivity index (χ3n) is 5.80. The normalized spacial score (nSPS) is 22.7. The number of halogens is 3. The van der Waals surface area contributed by atoms with Gasteiger partial charge in [0.15, 0.2) is 0 Å². The van der Waals surface area contributed by atoms with Gasteiger partial charge in [-0.3, -0.25) is 4.79 Å². The van der Waals surface area contributed by atoms with Crippen molar-refractivity contribution < 1.29 is 18.0 Å². The lowest BCUT2D eigenvalue weighted by Crippen LogP contribution is -2.48. The standard InChI is InChI=1S/C20H18F3N7O/c21-20(22,23)13-9-24-19(25-10-13)28-15-7-12-8-17(15)29(11-12)18(31)14-3-1-2-4-16(14)30-26-5-6-27-30/h1-6,9-10,12,15,17H,7-8,11H2,(H,24,25,28)/t12-,15-,17+/m1/s1. The van der Waals surface area contributed by atoms with Crippen molar-refractivity contribution >= 4 is 11.9 Å². The Balaban J connectivity index is 1.35. The van der Waals surface area contributed by atoms with Gasteiger partial charge >= 0.3 is 6.18 Å². The van der Waals surface area contributed by atoms with Gasteiger partial charge in [0.1, 0.15) is 0 Å². The summed E-state index contributed by atoms with van der Waals surface area (Å²) in [6.45, 7) is 0.635. The predicted octanol–water partition coefficient (Wildman–Crippen LogP) is 2.79. The molecule has 1 saturated carbocycles. The molecule has 160 valence electrons. The number of alkyl halides is 3. The average molecular weight is 429 g/mol. The largest absolute Gasteiger partial charge is 0.419 e. The van der Waals surface area contributed by atoms with E-state index in [2.05, 4.69) is 25.5 Å². The first kappa shape index (κ1) is 19.5. The minimum absolute atomic E-state index is 0.0953. The Morgan fingerprint density at radius 2 is 1.77 bits per heavy atom. The Morgan fingerprint density at radius 1 is 1.06 bits per heavy atom. The molecule has 1 aliphatic heterocycles. The summed E-state index contributed by atoms with van der Waals surface area (Å²) in [6, 6.07) is 6.91. The number of carbonyl (C=O) groups excluding carboxylic acids is 1. The molecule has 3 aromatic rings. The number of nitrogens with one attached hydrogen (secondary N) is 1. The van der Waals surface area contributed by atoms with Gasteiger partial charge in [-0.05, 0) is 30.9 Å². The maximum absolute atomic E-state index is 13.4. The summed E-state index contributed by atoms with van der Waals surface area (Å²) >= 11 is 0. The van der Waals surface area contributed by atoms with E-state index in [4.69, 9.17) is 0 Å². The number of likely N-dealkylation sites (tertiary alicyclic amines) is 1. The van der Waals surface area contributed by atoms with Crippen LogP contribution < -0.4 is 5.32 Å². The van der Waals surface area contributed by atoms with Crippen LogP contribution in [0.2, 0.25) is 0 Å². The molecule has 3 heterocycles. The summed E-state index contributed by atoms with van der Waals surface area (Å²) < 4.78 is 38.2. The zero-order valence-corrected chi connectivity index (χ0v) is 16.2. The van der Waals surface area contributed by atoms with E-state index in [0.717, 1.165) is 25.2 Å². The van der Waals surface area contributed by atoms with Gasteiger partial charge in [0.25, 0.3) is 5.91 Å². The van der Waals surface area contributed by atoms with Gasteiger partial charge in [0.05, 0.1) is 35.2 Å². The summed E-state index contributed by atoms with van der Waals surface area (Å²) in [4.78, 5) is 24.2. The Hall–Kier alpha value is -3.50. The molecule has 11 heteroatoms. The molecule has 1 saturated heterocycles. The number of hydrogen-bond donors (Lipinski definition) is 1. The number of benzene rings is 1. The maximum atomic E-state index is 13.4. The molecule has 5 rings (SSSR count). The lowest BCUT2D eigenvalue weighted by atomic mass is 10.0. The minimum Gasteiger partial charge on any atom is -0.349 e. The van der Waals surface area contributed by atoms with Crippen LogP contribution >= 0.6 is 0 Å². The van der Waals surface area contributed by atoms with Crippen LogP contribution in [-0.4, -0.2) is 54.4 Å². The van der Waals surface area contributed by atoms with Crippen molar-refractivity contribution in [1.29, 1.82) is 0 Å². The zero-order valence-electron chi connectivity index (χ0n) is 16.2. The summed E-state index contributed by atoms with van der Waals surface area (Å²) in [5.41, 5.74) is 0.193. The van der Waals surface area contributed by atoms with Gasteiger partial charge in [-0.2, -0.15) is 28.2 Å². The second-order valence-corrected chi connectivity index (χ2v) is 7.74. The molecule has 2 aliphatic rings. The third kappa shape index (κ3) is 3.60. The predicted molar refractivity (Wildman–Crippen MR) is 103 cm³/mol. The maximum Gasteiger partial charge on any atom is 0.419 e. The fraction of sp³-hybridized carbons (Fsp3) is 0.350. The molecule has 1 aliphatic carbocycles. The molecule has 2 bridgehead atoms. The smallest absolute Gasteiger partial charge is 0.349 e. The molecule has 0 unspecified atom stereocenters. The topological polar surface area (TPSA) is 88.8 Å². The first-order valence-electron chi connectivity index (χ1n) is 9.82. The fourth-order valence-corrected chi connectivity index (χ4v) is 4.45. The van der Waals surface area contributed by atoms with Gasteiger partial charge in [0.2, 0.25) is 5.95 Å². The van der Waals surface area contributed by atoms with E-state index in [1.54, 1.807) is 30.6 Å². The number of aromatic nitrogens is 5. The van der Waals surface area contributed by atoms with Crippen molar-refractivity contribution in [2.24, 2.45) is 5.92 Å². The molecule has 0 radical (unpaired) electrons. The van der Waals surface area contributed by atoms with Gasteiger partial charge in [-0.1, -0.05) is 12.1 Å². The SMILES string of the molecule is O=C(c1ccccc1-n1nccn1)N1C[C@@H]2C[C@@H](Nc3ncc(C(F)(F)F)cn3)[C@@H]1C2. The molecule has 2 fully saturated rings. The molecule has 31 heavy (non-hydrogen) atoms. The summed E-state index contributed by atoms with van der Waals surface area (Å²) in [5.74, 6) is 0.315. The molecule has 8 nitrogen and oxygen atoms in total. The number of para-hydroxylation sites is 1.